The van der Waals surface area contributed by atoms with Crippen molar-refractivity contribution in [2.24, 2.45) is 0 Å². The molecule has 4 nitrogen and oxygen atoms in total. The molecule has 0 atom stereocenters. The topological polar surface area (TPSA) is 13.0 Å². The van der Waals surface area contributed by atoms with Gasteiger partial charge in [-0.3, -0.25) is 0 Å². The standard InChI is InChI=1S/C68H42F12N4/c1-35-13-5-9-17-55(35)81(65-47(73)25-39(69)26-48(65)74)59-33-60(82(56-18-10-6-14-36(56)2)66-49(75)27-40(70)28-50(66)76)44-23-24-46-62(84(58-20-12-8-16-38(58)4)68-53(79)31-42(72)32-54(68)80)34-61(45-22-21-43(59)63(44)64(45)46)83(57-19-11-7-15-37(57)3)67-51(77)29-41(71)30-52(67)78/h5-34H,1-4H3. The van der Waals surface area contributed by atoms with Crippen molar-refractivity contribution in [1.82, 2.24) is 0 Å². The van der Waals surface area contributed by atoms with Crippen LogP contribution in [0.2, 0.25) is 0 Å². The predicted molar refractivity (Wildman–Crippen MR) is 307 cm³/mol. The van der Waals surface area contributed by atoms with Crippen LogP contribution in [0.5, 0.6) is 0 Å². The summed E-state index contributed by atoms with van der Waals surface area (Å²) in [6.45, 7) is 6.56. The number of benzene rings is 12. The van der Waals surface area contributed by atoms with Crippen LogP contribution in [0.15, 0.2) is 182 Å². The molecule has 0 unspecified atom stereocenters. The molecule has 12 aromatic rings. The molecule has 0 saturated carbocycles. The molecule has 0 heterocycles. The highest BCUT2D eigenvalue weighted by atomic mass is 19.2. The third-order valence-electron chi connectivity index (χ3n) is 15.0. The fourth-order valence-electron chi connectivity index (χ4n) is 11.4. The van der Waals surface area contributed by atoms with Gasteiger partial charge in [0.05, 0.1) is 22.7 Å². The third kappa shape index (κ3) is 9.09. The lowest BCUT2D eigenvalue weighted by Gasteiger charge is -2.35. The smallest absolute Gasteiger partial charge is 0.153 e. The molecule has 0 fully saturated rings. The largest absolute Gasteiger partial charge is 0.304 e. The number of aryl methyl sites for hydroxylation is 4. The summed E-state index contributed by atoms with van der Waals surface area (Å²) in [4.78, 5) is 4.65. The van der Waals surface area contributed by atoms with Gasteiger partial charge in [0.25, 0.3) is 0 Å². The van der Waals surface area contributed by atoms with Gasteiger partial charge in [0.2, 0.25) is 0 Å². The first-order valence-corrected chi connectivity index (χ1v) is 26.1. The molecular weight excluding hydrogens is 1100 g/mol. The average molecular weight is 1140 g/mol. The SMILES string of the molecule is Cc1ccccc1N(c1c(F)cc(F)cc1F)c1cc(N(c2ccccc2C)c2c(F)cc(F)cc2F)c2ccc3c(N(c4ccccc4C)c4c(F)cc(F)cc4F)cc(N(c4ccccc4C)c4c(F)cc(F)cc4F)c4ccc1c2c43. The maximum absolute atomic E-state index is 17.0. The minimum atomic E-state index is -1.38. The zero-order valence-electron chi connectivity index (χ0n) is 44.6. The van der Waals surface area contributed by atoms with Crippen molar-refractivity contribution in [1.29, 1.82) is 0 Å². The molecule has 16 heteroatoms. The highest BCUT2D eigenvalue weighted by molar-refractivity contribution is 6.33. The van der Waals surface area contributed by atoms with Gasteiger partial charge in [-0.25, -0.2) is 52.7 Å². The van der Waals surface area contributed by atoms with Crippen LogP contribution in [0.3, 0.4) is 0 Å². The molecule has 0 bridgehead atoms. The van der Waals surface area contributed by atoms with E-state index in [-0.39, 0.29) is 77.8 Å². The molecule has 418 valence electrons. The summed E-state index contributed by atoms with van der Waals surface area (Å²) in [5, 5.41) is 0.587. The van der Waals surface area contributed by atoms with Crippen LogP contribution in [0, 0.1) is 97.5 Å². The molecular formula is C68H42F12N4. The number of nitrogens with zero attached hydrogens (tertiary/aromatic N) is 4. The van der Waals surface area contributed by atoms with Crippen molar-refractivity contribution in [3.05, 3.63) is 274 Å². The van der Waals surface area contributed by atoms with Crippen molar-refractivity contribution in [3.8, 4) is 0 Å². The molecule has 0 amide bonds. The van der Waals surface area contributed by atoms with Crippen LogP contribution < -0.4 is 19.6 Å². The second kappa shape index (κ2) is 21.1. The fourth-order valence-corrected chi connectivity index (χ4v) is 11.4. The normalized spacial score (nSPS) is 11.6. The second-order valence-corrected chi connectivity index (χ2v) is 20.3. The third-order valence-corrected chi connectivity index (χ3v) is 15.0. The van der Waals surface area contributed by atoms with E-state index < -0.39 is 92.6 Å². The van der Waals surface area contributed by atoms with Crippen molar-refractivity contribution < 1.29 is 52.7 Å². The summed E-state index contributed by atoms with van der Waals surface area (Å²) >= 11 is 0. The Kier molecular flexibility index (Phi) is 13.7. The van der Waals surface area contributed by atoms with E-state index >= 15 is 52.7 Å². The fraction of sp³-hybridized carbons (Fsp3) is 0.0588. The van der Waals surface area contributed by atoms with E-state index in [1.807, 2.05) is 0 Å². The molecule has 0 N–H and O–H groups in total. The highest BCUT2D eigenvalue weighted by Crippen LogP contribution is 2.57. The maximum Gasteiger partial charge on any atom is 0.153 e. The Morgan fingerprint density at radius 3 is 0.571 bits per heavy atom. The average Bonchev–Trinajstić information content (AvgIpc) is 0.752. The van der Waals surface area contributed by atoms with E-state index in [0.717, 1.165) is 19.6 Å². The highest BCUT2D eigenvalue weighted by Gasteiger charge is 2.35. The summed E-state index contributed by atoms with van der Waals surface area (Å²) in [7, 11) is 0. The van der Waals surface area contributed by atoms with E-state index in [2.05, 4.69) is 0 Å². The second-order valence-electron chi connectivity index (χ2n) is 20.3. The van der Waals surface area contributed by atoms with Gasteiger partial charge in [0.1, 0.15) is 46.0 Å². The summed E-state index contributed by atoms with van der Waals surface area (Å²) in [5.74, 6) is -16.1. The van der Waals surface area contributed by atoms with Crippen LogP contribution in [0.4, 0.5) is 121 Å². The van der Waals surface area contributed by atoms with E-state index in [0.29, 0.717) is 70.8 Å². The summed E-state index contributed by atoms with van der Waals surface area (Å²) in [6.07, 6.45) is 0. The molecule has 12 aromatic carbocycles. The Balaban J connectivity index is 1.37. The summed E-state index contributed by atoms with van der Waals surface area (Å²) in [5.41, 5.74) is -1.62. The molecule has 0 aliphatic heterocycles. The molecule has 0 radical (unpaired) electrons. The van der Waals surface area contributed by atoms with Gasteiger partial charge in [-0.2, -0.15) is 0 Å². The zero-order chi connectivity index (χ0) is 59.2. The molecule has 0 spiro atoms. The minimum absolute atomic E-state index is 0.0817. The minimum Gasteiger partial charge on any atom is -0.304 e. The number of hydrogen-bond donors (Lipinski definition) is 0. The van der Waals surface area contributed by atoms with Gasteiger partial charge in [-0.15, -0.1) is 0 Å². The van der Waals surface area contributed by atoms with Crippen molar-refractivity contribution in [3.63, 3.8) is 0 Å². The zero-order valence-corrected chi connectivity index (χ0v) is 44.6. The first-order chi connectivity index (χ1) is 40.3. The number of halogens is 12. The lowest BCUT2D eigenvalue weighted by Crippen LogP contribution is -2.20. The van der Waals surface area contributed by atoms with Crippen molar-refractivity contribution >= 4 is 101 Å². The van der Waals surface area contributed by atoms with Crippen LogP contribution in [0.1, 0.15) is 22.3 Å². The summed E-state index contributed by atoms with van der Waals surface area (Å²) < 4.78 is 196. The van der Waals surface area contributed by atoms with Crippen LogP contribution >= 0.6 is 0 Å². The maximum atomic E-state index is 17.0. The lowest BCUT2D eigenvalue weighted by atomic mass is 9.88. The number of para-hydroxylation sites is 4. The summed E-state index contributed by atoms with van der Waals surface area (Å²) in [6, 6.07) is 38.4. The van der Waals surface area contributed by atoms with E-state index in [4.69, 9.17) is 0 Å². The molecule has 84 heavy (non-hydrogen) atoms. The van der Waals surface area contributed by atoms with Gasteiger partial charge in [-0.05, 0) is 86.3 Å². The number of anilines is 12. The van der Waals surface area contributed by atoms with Gasteiger partial charge in [-0.1, -0.05) is 97.1 Å². The molecule has 0 aliphatic rings. The first-order valence-electron chi connectivity index (χ1n) is 26.1. The monoisotopic (exact) mass is 1140 g/mol. The Bertz CT molecular complexity index is 3980. The van der Waals surface area contributed by atoms with Crippen LogP contribution in [-0.2, 0) is 0 Å². The van der Waals surface area contributed by atoms with E-state index in [9.17, 15) is 0 Å². The molecule has 12 rings (SSSR count). The van der Waals surface area contributed by atoms with E-state index in [1.165, 1.54) is 60.7 Å². The van der Waals surface area contributed by atoms with Gasteiger partial charge in [0.15, 0.2) is 46.5 Å². The van der Waals surface area contributed by atoms with Crippen molar-refractivity contribution in [2.45, 2.75) is 27.7 Å². The number of rotatable bonds is 12. The molecule has 0 aliphatic carbocycles. The Labute approximate surface area is 472 Å². The Hall–Kier alpha value is -9.96. The first kappa shape index (κ1) is 54.6. The molecule has 0 aromatic heterocycles. The van der Waals surface area contributed by atoms with Crippen molar-refractivity contribution in [2.75, 3.05) is 19.6 Å². The predicted octanol–water partition coefficient (Wildman–Crippen LogP) is 21.4. The van der Waals surface area contributed by atoms with Gasteiger partial charge in [0, 0.05) is 104 Å². The van der Waals surface area contributed by atoms with Crippen LogP contribution in [0.25, 0.3) is 32.3 Å². The quantitative estimate of drug-likeness (QED) is 0.0893. The Morgan fingerprint density at radius 1 is 0.214 bits per heavy atom. The number of hydrogen-bond acceptors (Lipinski definition) is 4. The van der Waals surface area contributed by atoms with Gasteiger partial charge < -0.3 is 19.6 Å². The molecule has 0 saturated heterocycles. The van der Waals surface area contributed by atoms with Gasteiger partial charge >= 0.3 is 0 Å². The Morgan fingerprint density at radius 2 is 0.393 bits per heavy atom. The van der Waals surface area contributed by atoms with Crippen LogP contribution in [-0.4, -0.2) is 0 Å². The lowest BCUT2D eigenvalue weighted by molar-refractivity contribution is 0.544. The van der Waals surface area contributed by atoms with E-state index in [1.54, 1.807) is 100 Å².